The number of pyridine rings is 1. The van der Waals surface area contributed by atoms with Crippen LogP contribution in [0.25, 0.3) is 17.0 Å². The molecule has 3 aromatic heterocycles. The van der Waals surface area contributed by atoms with Gasteiger partial charge in [0.2, 0.25) is 0 Å². The number of aromatic nitrogens is 3. The molecule has 4 heteroatoms. The highest BCUT2D eigenvalue weighted by Crippen LogP contribution is 2.18. The fraction of sp³-hybridized carbons (Fsp3) is 0. The van der Waals surface area contributed by atoms with Crippen LogP contribution in [0.15, 0.2) is 41.5 Å². The van der Waals surface area contributed by atoms with Crippen molar-refractivity contribution in [2.45, 2.75) is 0 Å². The second-order valence-electron chi connectivity index (χ2n) is 2.97. The fourth-order valence-electron chi connectivity index (χ4n) is 1.40. The molecule has 0 spiro atoms. The number of fused-ring (bicyclic) bond motifs is 1. The van der Waals surface area contributed by atoms with Crippen molar-refractivity contribution in [2.24, 2.45) is 0 Å². The maximum absolute atomic E-state index is 4.46. The van der Waals surface area contributed by atoms with Gasteiger partial charge in [0, 0.05) is 17.8 Å². The van der Waals surface area contributed by atoms with Crippen LogP contribution < -0.4 is 0 Å². The molecule has 0 aliphatic rings. The Labute approximate surface area is 84.7 Å². The molecule has 68 valence electrons. The van der Waals surface area contributed by atoms with Gasteiger partial charge < -0.3 is 4.40 Å². The summed E-state index contributed by atoms with van der Waals surface area (Å²) >= 11 is 1.58. The van der Waals surface area contributed by atoms with Gasteiger partial charge in [-0.2, -0.15) is 0 Å². The van der Waals surface area contributed by atoms with E-state index in [9.17, 15) is 0 Å². The van der Waals surface area contributed by atoms with E-state index in [2.05, 4.69) is 9.97 Å². The molecule has 0 amide bonds. The maximum Gasteiger partial charge on any atom is 0.137 e. The Morgan fingerprint density at radius 1 is 1.21 bits per heavy atom. The van der Waals surface area contributed by atoms with E-state index < -0.39 is 0 Å². The van der Waals surface area contributed by atoms with E-state index in [1.54, 1.807) is 11.3 Å². The summed E-state index contributed by atoms with van der Waals surface area (Å²) in [7, 11) is 0. The molecule has 0 aliphatic carbocycles. The van der Waals surface area contributed by atoms with Crippen molar-refractivity contribution in [3.8, 4) is 11.4 Å². The van der Waals surface area contributed by atoms with Gasteiger partial charge in [0.15, 0.2) is 0 Å². The SMILES string of the molecule is c1ccn2cc(-c3cscn3)nc2c1. The molecule has 3 rings (SSSR count). The molecule has 3 nitrogen and oxygen atoms in total. The lowest BCUT2D eigenvalue weighted by atomic mass is 10.4. The molecule has 0 aliphatic heterocycles. The zero-order chi connectivity index (χ0) is 9.38. The zero-order valence-corrected chi connectivity index (χ0v) is 8.11. The van der Waals surface area contributed by atoms with Crippen LogP contribution in [-0.2, 0) is 0 Å². The Morgan fingerprint density at radius 2 is 2.21 bits per heavy atom. The minimum absolute atomic E-state index is 0.928. The predicted octanol–water partition coefficient (Wildman–Crippen LogP) is 2.46. The first-order valence-electron chi connectivity index (χ1n) is 4.26. The molecule has 0 bridgehead atoms. The van der Waals surface area contributed by atoms with E-state index >= 15 is 0 Å². The first-order chi connectivity index (χ1) is 6.93. The van der Waals surface area contributed by atoms with Gasteiger partial charge >= 0.3 is 0 Å². The van der Waals surface area contributed by atoms with Crippen molar-refractivity contribution >= 4 is 17.0 Å². The summed E-state index contributed by atoms with van der Waals surface area (Å²) in [5.74, 6) is 0. The predicted molar refractivity (Wildman–Crippen MR) is 56.3 cm³/mol. The number of rotatable bonds is 1. The molecular weight excluding hydrogens is 194 g/mol. The summed E-state index contributed by atoms with van der Waals surface area (Å²) in [6.45, 7) is 0. The van der Waals surface area contributed by atoms with E-state index in [1.807, 2.05) is 45.9 Å². The minimum Gasteiger partial charge on any atom is -0.306 e. The van der Waals surface area contributed by atoms with Crippen LogP contribution in [0.2, 0.25) is 0 Å². The van der Waals surface area contributed by atoms with Crippen molar-refractivity contribution < 1.29 is 0 Å². The van der Waals surface area contributed by atoms with Gasteiger partial charge in [0.25, 0.3) is 0 Å². The van der Waals surface area contributed by atoms with Gasteiger partial charge in [-0.15, -0.1) is 11.3 Å². The van der Waals surface area contributed by atoms with E-state index in [-0.39, 0.29) is 0 Å². The van der Waals surface area contributed by atoms with Crippen LogP contribution in [0.1, 0.15) is 0 Å². The topological polar surface area (TPSA) is 30.2 Å². The van der Waals surface area contributed by atoms with Gasteiger partial charge in [-0.1, -0.05) is 6.07 Å². The number of hydrogen-bond donors (Lipinski definition) is 0. The third-order valence-corrected chi connectivity index (χ3v) is 2.65. The highest BCUT2D eigenvalue weighted by atomic mass is 32.1. The van der Waals surface area contributed by atoms with Crippen LogP contribution >= 0.6 is 11.3 Å². The van der Waals surface area contributed by atoms with Crippen LogP contribution in [0, 0.1) is 0 Å². The molecule has 3 aromatic rings. The summed E-state index contributed by atoms with van der Waals surface area (Å²) in [5, 5.41) is 2.00. The molecule has 0 fully saturated rings. The molecule has 14 heavy (non-hydrogen) atoms. The lowest BCUT2D eigenvalue weighted by molar-refractivity contribution is 1.19. The van der Waals surface area contributed by atoms with Crippen molar-refractivity contribution in [3.05, 3.63) is 41.5 Å². The average Bonchev–Trinajstić information content (AvgIpc) is 2.86. The molecule has 3 heterocycles. The molecule has 0 N–H and O–H groups in total. The van der Waals surface area contributed by atoms with Gasteiger partial charge in [0.05, 0.1) is 5.51 Å². The molecule has 0 saturated heterocycles. The normalized spacial score (nSPS) is 10.9. The standard InChI is InChI=1S/C10H7N3S/c1-2-4-13-5-8(12-10(13)3-1)9-6-14-7-11-9/h1-7H. The van der Waals surface area contributed by atoms with Gasteiger partial charge in [-0.25, -0.2) is 9.97 Å². The summed E-state index contributed by atoms with van der Waals surface area (Å²) in [4.78, 5) is 8.69. The molecule has 0 unspecified atom stereocenters. The highest BCUT2D eigenvalue weighted by molar-refractivity contribution is 7.07. The van der Waals surface area contributed by atoms with Gasteiger partial charge in [0.1, 0.15) is 17.0 Å². The van der Waals surface area contributed by atoms with Crippen molar-refractivity contribution in [1.29, 1.82) is 0 Å². The summed E-state index contributed by atoms with van der Waals surface area (Å²) in [6, 6.07) is 5.95. The summed E-state index contributed by atoms with van der Waals surface area (Å²) in [5.41, 5.74) is 4.64. The second kappa shape index (κ2) is 2.92. The summed E-state index contributed by atoms with van der Waals surface area (Å²) in [6.07, 6.45) is 3.97. The van der Waals surface area contributed by atoms with Crippen LogP contribution in [-0.4, -0.2) is 14.4 Å². The van der Waals surface area contributed by atoms with E-state index in [0.717, 1.165) is 17.0 Å². The third kappa shape index (κ3) is 1.12. The molecule has 0 aromatic carbocycles. The van der Waals surface area contributed by atoms with Crippen molar-refractivity contribution in [2.75, 3.05) is 0 Å². The first-order valence-corrected chi connectivity index (χ1v) is 5.20. The summed E-state index contributed by atoms with van der Waals surface area (Å²) < 4.78 is 1.99. The smallest absolute Gasteiger partial charge is 0.137 e. The largest absolute Gasteiger partial charge is 0.306 e. The lowest BCUT2D eigenvalue weighted by Crippen LogP contribution is -1.77. The van der Waals surface area contributed by atoms with Gasteiger partial charge in [-0.05, 0) is 12.1 Å². The third-order valence-electron chi connectivity index (χ3n) is 2.06. The Kier molecular flexibility index (Phi) is 1.61. The number of thiazole rings is 1. The average molecular weight is 201 g/mol. The zero-order valence-electron chi connectivity index (χ0n) is 7.29. The Bertz CT molecular complexity index is 521. The van der Waals surface area contributed by atoms with Crippen molar-refractivity contribution in [1.82, 2.24) is 14.4 Å². The Morgan fingerprint density at radius 3 is 3.00 bits per heavy atom. The Hall–Kier alpha value is -1.68. The molecule has 0 atom stereocenters. The van der Waals surface area contributed by atoms with Crippen molar-refractivity contribution in [3.63, 3.8) is 0 Å². The van der Waals surface area contributed by atoms with Crippen LogP contribution in [0.3, 0.4) is 0 Å². The highest BCUT2D eigenvalue weighted by Gasteiger charge is 2.04. The number of imidazole rings is 1. The fourth-order valence-corrected chi connectivity index (χ4v) is 1.94. The van der Waals surface area contributed by atoms with Crippen LogP contribution in [0.4, 0.5) is 0 Å². The maximum atomic E-state index is 4.46. The van der Waals surface area contributed by atoms with Crippen LogP contribution in [0.5, 0.6) is 0 Å². The van der Waals surface area contributed by atoms with Gasteiger partial charge in [-0.3, -0.25) is 0 Å². The number of nitrogens with zero attached hydrogens (tertiary/aromatic N) is 3. The molecular formula is C10H7N3S. The van der Waals surface area contributed by atoms with E-state index in [0.29, 0.717) is 0 Å². The second-order valence-corrected chi connectivity index (χ2v) is 3.68. The minimum atomic E-state index is 0.928. The van der Waals surface area contributed by atoms with E-state index in [4.69, 9.17) is 0 Å². The van der Waals surface area contributed by atoms with E-state index in [1.165, 1.54) is 0 Å². The Balaban J connectivity index is 2.24. The quantitative estimate of drug-likeness (QED) is 0.605. The first kappa shape index (κ1) is 7.70. The lowest BCUT2D eigenvalue weighted by Gasteiger charge is -1.86. The monoisotopic (exact) mass is 201 g/mol. The molecule has 0 saturated carbocycles. The number of hydrogen-bond acceptors (Lipinski definition) is 3. The molecule has 0 radical (unpaired) electrons.